The minimum absolute atomic E-state index is 0.227. The van der Waals surface area contributed by atoms with E-state index in [-0.39, 0.29) is 5.91 Å². The minimum Gasteiger partial charge on any atom is -0.311 e. The Morgan fingerprint density at radius 1 is 1.60 bits per heavy atom. The third kappa shape index (κ3) is 2.23. The largest absolute Gasteiger partial charge is 0.311 e. The van der Waals surface area contributed by atoms with Gasteiger partial charge in [-0.1, -0.05) is 12.6 Å². The van der Waals surface area contributed by atoms with Gasteiger partial charge in [0.05, 0.1) is 11.3 Å². The van der Waals surface area contributed by atoms with Gasteiger partial charge in [-0.25, -0.2) is 0 Å². The van der Waals surface area contributed by atoms with Crippen LogP contribution in [0.15, 0.2) is 30.9 Å². The summed E-state index contributed by atoms with van der Waals surface area (Å²) < 4.78 is 0. The van der Waals surface area contributed by atoms with E-state index in [0.717, 1.165) is 5.56 Å². The van der Waals surface area contributed by atoms with Crippen molar-refractivity contribution >= 4 is 11.6 Å². The van der Waals surface area contributed by atoms with E-state index in [2.05, 4.69) is 12.6 Å². The second kappa shape index (κ2) is 4.43. The summed E-state index contributed by atoms with van der Waals surface area (Å²) in [6.45, 7) is 5.31. The average molecular weight is 200 g/mol. The number of hydrogen-bond donors (Lipinski definition) is 0. The van der Waals surface area contributed by atoms with Crippen molar-refractivity contribution in [1.29, 1.82) is 5.26 Å². The molecule has 1 aromatic carbocycles. The lowest BCUT2D eigenvalue weighted by molar-refractivity contribution is -0.113. The number of amides is 1. The molecule has 0 radical (unpaired) electrons. The zero-order valence-electron chi connectivity index (χ0n) is 8.82. The molecule has 0 saturated heterocycles. The molecule has 0 aliphatic rings. The maximum absolute atomic E-state index is 11.4. The molecule has 1 amide bonds. The van der Waals surface area contributed by atoms with E-state index in [4.69, 9.17) is 5.26 Å². The predicted octanol–water partition coefficient (Wildman–Crippen LogP) is 2.02. The minimum atomic E-state index is -0.227. The Balaban J connectivity index is 3.20. The molecule has 15 heavy (non-hydrogen) atoms. The number of likely N-dealkylation sites (N-methyl/N-ethyl adjacent to an activating group) is 1. The number of nitrogens with zero attached hydrogens (tertiary/aromatic N) is 2. The summed E-state index contributed by atoms with van der Waals surface area (Å²) in [6, 6.07) is 7.44. The molecule has 0 aliphatic carbocycles. The summed E-state index contributed by atoms with van der Waals surface area (Å²) in [5, 5.41) is 8.93. The van der Waals surface area contributed by atoms with Crippen LogP contribution in [0.1, 0.15) is 11.1 Å². The molecule has 1 rings (SSSR count). The molecule has 0 unspecified atom stereocenters. The standard InChI is InChI=1S/C12H12N2O/c1-4-12(15)14(3)11-6-5-9(2)7-10(11)8-13/h4-7H,1H2,2-3H3. The smallest absolute Gasteiger partial charge is 0.250 e. The van der Waals surface area contributed by atoms with Crippen molar-refractivity contribution in [2.24, 2.45) is 0 Å². The van der Waals surface area contributed by atoms with Gasteiger partial charge in [-0.15, -0.1) is 0 Å². The van der Waals surface area contributed by atoms with Crippen molar-refractivity contribution in [3.05, 3.63) is 42.0 Å². The van der Waals surface area contributed by atoms with Crippen LogP contribution in [0.25, 0.3) is 0 Å². The Morgan fingerprint density at radius 2 is 2.27 bits per heavy atom. The highest BCUT2D eigenvalue weighted by Gasteiger charge is 2.11. The van der Waals surface area contributed by atoms with Crippen molar-refractivity contribution in [2.45, 2.75) is 6.92 Å². The van der Waals surface area contributed by atoms with E-state index >= 15 is 0 Å². The third-order valence-electron chi connectivity index (χ3n) is 2.14. The summed E-state index contributed by atoms with van der Waals surface area (Å²) in [5.41, 5.74) is 2.09. The number of carbonyl (C=O) groups excluding carboxylic acids is 1. The summed E-state index contributed by atoms with van der Waals surface area (Å²) in [7, 11) is 1.62. The van der Waals surface area contributed by atoms with Crippen molar-refractivity contribution < 1.29 is 4.79 Å². The number of carbonyl (C=O) groups is 1. The molecule has 3 heteroatoms. The van der Waals surface area contributed by atoms with Crippen LogP contribution in [0.4, 0.5) is 5.69 Å². The molecule has 0 heterocycles. The van der Waals surface area contributed by atoms with Gasteiger partial charge in [-0.3, -0.25) is 4.79 Å². The van der Waals surface area contributed by atoms with Gasteiger partial charge in [0.2, 0.25) is 5.91 Å². The lowest BCUT2D eigenvalue weighted by Crippen LogP contribution is -2.24. The third-order valence-corrected chi connectivity index (χ3v) is 2.14. The fourth-order valence-corrected chi connectivity index (χ4v) is 1.29. The quantitative estimate of drug-likeness (QED) is 0.685. The van der Waals surface area contributed by atoms with Crippen molar-refractivity contribution in [3.63, 3.8) is 0 Å². The van der Waals surface area contributed by atoms with Crippen molar-refractivity contribution in [2.75, 3.05) is 11.9 Å². The van der Waals surface area contributed by atoms with Crippen molar-refractivity contribution in [3.8, 4) is 6.07 Å². The first-order valence-corrected chi connectivity index (χ1v) is 4.51. The average Bonchev–Trinajstić information content (AvgIpc) is 2.26. The van der Waals surface area contributed by atoms with Crippen LogP contribution in [0.5, 0.6) is 0 Å². The van der Waals surface area contributed by atoms with Gasteiger partial charge in [0.1, 0.15) is 6.07 Å². The number of anilines is 1. The summed E-state index contributed by atoms with van der Waals surface area (Å²) in [6.07, 6.45) is 1.22. The Morgan fingerprint density at radius 3 is 2.80 bits per heavy atom. The van der Waals surface area contributed by atoms with Gasteiger partial charge in [0, 0.05) is 7.05 Å². The topological polar surface area (TPSA) is 44.1 Å². The van der Waals surface area contributed by atoms with E-state index in [1.54, 1.807) is 19.2 Å². The van der Waals surface area contributed by atoms with E-state index in [1.165, 1.54) is 11.0 Å². The normalized spacial score (nSPS) is 9.13. The zero-order valence-corrected chi connectivity index (χ0v) is 8.82. The molecule has 76 valence electrons. The van der Waals surface area contributed by atoms with E-state index in [1.807, 2.05) is 13.0 Å². The predicted molar refractivity (Wildman–Crippen MR) is 59.5 cm³/mol. The Bertz CT molecular complexity index is 443. The molecule has 3 nitrogen and oxygen atoms in total. The second-order valence-corrected chi connectivity index (χ2v) is 3.23. The second-order valence-electron chi connectivity index (χ2n) is 3.23. The molecule has 0 spiro atoms. The molecule has 0 aromatic heterocycles. The summed E-state index contributed by atoms with van der Waals surface area (Å²) in [4.78, 5) is 12.8. The summed E-state index contributed by atoms with van der Waals surface area (Å²) >= 11 is 0. The Labute approximate surface area is 89.2 Å². The van der Waals surface area contributed by atoms with Gasteiger partial charge < -0.3 is 4.90 Å². The van der Waals surface area contributed by atoms with Gasteiger partial charge in [-0.05, 0) is 30.7 Å². The molecule has 0 N–H and O–H groups in total. The van der Waals surface area contributed by atoms with Gasteiger partial charge in [-0.2, -0.15) is 5.26 Å². The molecule has 1 aromatic rings. The number of nitriles is 1. The fourth-order valence-electron chi connectivity index (χ4n) is 1.29. The Kier molecular flexibility index (Phi) is 3.25. The maximum atomic E-state index is 11.4. The molecule has 0 bridgehead atoms. The fraction of sp³-hybridized carbons (Fsp3) is 0.167. The van der Waals surface area contributed by atoms with Crippen LogP contribution in [0.3, 0.4) is 0 Å². The highest BCUT2D eigenvalue weighted by molar-refractivity contribution is 6.01. The molecular weight excluding hydrogens is 188 g/mol. The van der Waals surface area contributed by atoms with Crippen LogP contribution in [-0.4, -0.2) is 13.0 Å². The lowest BCUT2D eigenvalue weighted by Gasteiger charge is -2.16. The monoisotopic (exact) mass is 200 g/mol. The maximum Gasteiger partial charge on any atom is 0.250 e. The van der Waals surface area contributed by atoms with Crippen molar-refractivity contribution in [1.82, 2.24) is 0 Å². The highest BCUT2D eigenvalue weighted by Crippen LogP contribution is 2.20. The summed E-state index contributed by atoms with van der Waals surface area (Å²) in [5.74, 6) is -0.227. The zero-order chi connectivity index (χ0) is 11.4. The van der Waals surface area contributed by atoms with E-state index in [0.29, 0.717) is 11.3 Å². The first-order valence-electron chi connectivity index (χ1n) is 4.51. The first kappa shape index (κ1) is 11.0. The molecule has 0 aliphatic heterocycles. The van der Waals surface area contributed by atoms with Gasteiger partial charge in [0.25, 0.3) is 0 Å². The molecular formula is C12H12N2O. The number of aryl methyl sites for hydroxylation is 1. The lowest BCUT2D eigenvalue weighted by atomic mass is 10.1. The van der Waals surface area contributed by atoms with Crippen LogP contribution in [-0.2, 0) is 4.79 Å². The molecule has 0 atom stereocenters. The number of rotatable bonds is 2. The first-order chi connectivity index (χ1) is 7.10. The van der Waals surface area contributed by atoms with Crippen LogP contribution < -0.4 is 4.90 Å². The SMILES string of the molecule is C=CC(=O)N(C)c1ccc(C)cc1C#N. The number of hydrogen-bond acceptors (Lipinski definition) is 2. The van der Waals surface area contributed by atoms with E-state index < -0.39 is 0 Å². The number of benzene rings is 1. The molecule has 0 fully saturated rings. The van der Waals surface area contributed by atoms with Gasteiger partial charge >= 0.3 is 0 Å². The van der Waals surface area contributed by atoms with E-state index in [9.17, 15) is 4.79 Å². The van der Waals surface area contributed by atoms with Crippen LogP contribution >= 0.6 is 0 Å². The van der Waals surface area contributed by atoms with Crippen LogP contribution in [0, 0.1) is 18.3 Å². The Hall–Kier alpha value is -2.08. The van der Waals surface area contributed by atoms with Gasteiger partial charge in [0.15, 0.2) is 0 Å². The molecule has 0 saturated carbocycles. The van der Waals surface area contributed by atoms with Crippen LogP contribution in [0.2, 0.25) is 0 Å². The highest BCUT2D eigenvalue weighted by atomic mass is 16.2.